The highest BCUT2D eigenvalue weighted by atomic mass is 32.2. The van der Waals surface area contributed by atoms with Gasteiger partial charge < -0.3 is 5.32 Å². The first kappa shape index (κ1) is 13.0. The third-order valence-electron chi connectivity index (χ3n) is 5.64. The Morgan fingerprint density at radius 2 is 1.80 bits per heavy atom. The highest BCUT2D eigenvalue weighted by Gasteiger charge is 2.51. The van der Waals surface area contributed by atoms with E-state index in [1.807, 2.05) is 11.8 Å². The van der Waals surface area contributed by atoms with Gasteiger partial charge in [0.1, 0.15) is 0 Å². The molecular formula is C15H22N2O2S. The van der Waals surface area contributed by atoms with Crippen LogP contribution in [0.25, 0.3) is 0 Å². The number of carbonyl (C=O) groups is 2. The number of hydrogen-bond donors (Lipinski definition) is 1. The van der Waals surface area contributed by atoms with E-state index in [0.717, 1.165) is 17.8 Å². The molecule has 0 spiro atoms. The molecular weight excluding hydrogens is 272 g/mol. The SMILES string of the molecule is O=C(CSC12CC3CC(CC(C3)C1)C2)N1CCNC1=O. The lowest BCUT2D eigenvalue weighted by atomic mass is 9.56. The summed E-state index contributed by atoms with van der Waals surface area (Å²) in [4.78, 5) is 25.1. The summed E-state index contributed by atoms with van der Waals surface area (Å²) >= 11 is 1.86. The fourth-order valence-corrected chi connectivity index (χ4v) is 6.86. The van der Waals surface area contributed by atoms with E-state index in [9.17, 15) is 9.59 Å². The average Bonchev–Trinajstić information content (AvgIpc) is 2.81. The number of imide groups is 1. The maximum atomic E-state index is 12.2. The average molecular weight is 294 g/mol. The van der Waals surface area contributed by atoms with E-state index in [0.29, 0.717) is 23.6 Å². The lowest BCUT2D eigenvalue weighted by Crippen LogP contribution is -2.49. The Bertz CT molecular complexity index is 416. The summed E-state index contributed by atoms with van der Waals surface area (Å²) in [7, 11) is 0. The van der Waals surface area contributed by atoms with Gasteiger partial charge in [-0.2, -0.15) is 0 Å². The van der Waals surface area contributed by atoms with Crippen molar-refractivity contribution in [3.05, 3.63) is 0 Å². The van der Waals surface area contributed by atoms with Crippen LogP contribution < -0.4 is 5.32 Å². The minimum Gasteiger partial charge on any atom is -0.336 e. The van der Waals surface area contributed by atoms with Gasteiger partial charge in [-0.05, 0) is 56.3 Å². The van der Waals surface area contributed by atoms with Gasteiger partial charge in [0.15, 0.2) is 0 Å². The van der Waals surface area contributed by atoms with Gasteiger partial charge in [0, 0.05) is 17.8 Å². The summed E-state index contributed by atoms with van der Waals surface area (Å²) in [6.45, 7) is 1.14. The van der Waals surface area contributed by atoms with E-state index in [1.54, 1.807) is 0 Å². The van der Waals surface area contributed by atoms with Gasteiger partial charge in [0.2, 0.25) is 5.91 Å². The number of thioether (sulfide) groups is 1. The smallest absolute Gasteiger partial charge is 0.324 e. The summed E-state index contributed by atoms with van der Waals surface area (Å²) in [6.07, 6.45) is 8.22. The molecule has 1 N–H and O–H groups in total. The lowest BCUT2D eigenvalue weighted by molar-refractivity contribution is -0.124. The van der Waals surface area contributed by atoms with Crippen LogP contribution in [-0.2, 0) is 4.79 Å². The van der Waals surface area contributed by atoms with Crippen molar-refractivity contribution in [3.63, 3.8) is 0 Å². The number of carbonyl (C=O) groups excluding carboxylic acids is 2. The van der Waals surface area contributed by atoms with Crippen LogP contribution in [0.15, 0.2) is 0 Å². The monoisotopic (exact) mass is 294 g/mol. The third-order valence-corrected chi connectivity index (χ3v) is 7.15. The highest BCUT2D eigenvalue weighted by Crippen LogP contribution is 2.60. The number of rotatable bonds is 3. The third kappa shape index (κ3) is 2.14. The van der Waals surface area contributed by atoms with Crippen molar-refractivity contribution in [2.24, 2.45) is 17.8 Å². The van der Waals surface area contributed by atoms with Gasteiger partial charge in [0.05, 0.1) is 5.75 Å². The maximum absolute atomic E-state index is 12.2. The van der Waals surface area contributed by atoms with Crippen molar-refractivity contribution >= 4 is 23.7 Å². The fraction of sp³-hybridized carbons (Fsp3) is 0.867. The van der Waals surface area contributed by atoms with Crippen LogP contribution in [0, 0.1) is 17.8 Å². The minimum absolute atomic E-state index is 0.000690. The van der Waals surface area contributed by atoms with Gasteiger partial charge in [0.25, 0.3) is 0 Å². The largest absolute Gasteiger partial charge is 0.336 e. The zero-order chi connectivity index (χ0) is 13.7. The van der Waals surface area contributed by atoms with Gasteiger partial charge in [-0.1, -0.05) is 0 Å². The first-order valence-corrected chi connectivity index (χ1v) is 8.84. The second kappa shape index (κ2) is 4.65. The van der Waals surface area contributed by atoms with Crippen molar-refractivity contribution in [3.8, 4) is 0 Å². The Morgan fingerprint density at radius 3 is 2.30 bits per heavy atom. The van der Waals surface area contributed by atoms with Gasteiger partial charge >= 0.3 is 6.03 Å². The maximum Gasteiger partial charge on any atom is 0.324 e. The van der Waals surface area contributed by atoms with Crippen molar-refractivity contribution in [1.29, 1.82) is 0 Å². The van der Waals surface area contributed by atoms with E-state index in [1.165, 1.54) is 43.4 Å². The molecule has 110 valence electrons. The topological polar surface area (TPSA) is 49.4 Å². The molecule has 5 fully saturated rings. The zero-order valence-electron chi connectivity index (χ0n) is 11.8. The van der Waals surface area contributed by atoms with E-state index in [-0.39, 0.29) is 11.9 Å². The number of hydrogen-bond acceptors (Lipinski definition) is 3. The Morgan fingerprint density at radius 1 is 1.20 bits per heavy atom. The molecule has 0 aromatic rings. The summed E-state index contributed by atoms with van der Waals surface area (Å²) in [5, 5.41) is 2.70. The molecule has 0 aromatic heterocycles. The molecule has 20 heavy (non-hydrogen) atoms. The Balaban J connectivity index is 1.39. The standard InChI is InChI=1S/C15H22N2O2S/c18-13(17-2-1-16-14(17)19)9-20-15-6-10-3-11(7-15)5-12(4-10)8-15/h10-12H,1-9H2,(H,16,19). The predicted molar refractivity (Wildman–Crippen MR) is 78.5 cm³/mol. The molecule has 3 amide bonds. The van der Waals surface area contributed by atoms with Crippen LogP contribution >= 0.6 is 11.8 Å². The van der Waals surface area contributed by atoms with Crippen LogP contribution in [-0.4, -0.2) is 40.4 Å². The molecule has 4 saturated carbocycles. The number of nitrogens with one attached hydrogen (secondary N) is 1. The summed E-state index contributed by atoms with van der Waals surface area (Å²) in [5.74, 6) is 3.23. The Labute approximate surface area is 124 Å². The predicted octanol–water partition coefficient (Wildman–Crippen LogP) is 2.24. The van der Waals surface area contributed by atoms with Crippen LogP contribution in [0.5, 0.6) is 0 Å². The Kier molecular flexibility index (Phi) is 3.02. The molecule has 4 aliphatic carbocycles. The minimum atomic E-state index is -0.207. The molecule has 0 unspecified atom stereocenters. The number of amides is 3. The van der Waals surface area contributed by atoms with Crippen molar-refractivity contribution in [2.75, 3.05) is 18.8 Å². The fourth-order valence-electron chi connectivity index (χ4n) is 5.21. The number of nitrogens with zero attached hydrogens (tertiary/aromatic N) is 1. The molecule has 1 heterocycles. The summed E-state index contributed by atoms with van der Waals surface area (Å²) in [5.41, 5.74) is 0. The van der Waals surface area contributed by atoms with Gasteiger partial charge in [-0.3, -0.25) is 9.69 Å². The molecule has 4 bridgehead atoms. The van der Waals surface area contributed by atoms with E-state index in [4.69, 9.17) is 0 Å². The van der Waals surface area contributed by atoms with Crippen molar-refractivity contribution in [1.82, 2.24) is 10.2 Å². The quantitative estimate of drug-likeness (QED) is 0.868. The molecule has 4 nitrogen and oxygen atoms in total. The molecule has 0 radical (unpaired) electrons. The first-order chi connectivity index (χ1) is 9.63. The van der Waals surface area contributed by atoms with E-state index in [2.05, 4.69) is 5.32 Å². The summed E-state index contributed by atoms with van der Waals surface area (Å²) < 4.78 is 0.362. The second-order valence-corrected chi connectivity index (χ2v) is 8.61. The summed E-state index contributed by atoms with van der Waals surface area (Å²) in [6, 6.07) is -0.207. The van der Waals surface area contributed by atoms with Crippen LogP contribution in [0.1, 0.15) is 38.5 Å². The first-order valence-electron chi connectivity index (χ1n) is 7.86. The number of urea groups is 1. The molecule has 1 saturated heterocycles. The van der Waals surface area contributed by atoms with Crippen molar-refractivity contribution in [2.45, 2.75) is 43.3 Å². The Hall–Kier alpha value is -0.710. The van der Waals surface area contributed by atoms with Crippen LogP contribution in [0.3, 0.4) is 0 Å². The van der Waals surface area contributed by atoms with Crippen molar-refractivity contribution < 1.29 is 9.59 Å². The van der Waals surface area contributed by atoms with E-state index < -0.39 is 0 Å². The zero-order valence-corrected chi connectivity index (χ0v) is 12.6. The molecule has 1 aliphatic heterocycles. The van der Waals surface area contributed by atoms with Crippen LogP contribution in [0.4, 0.5) is 4.79 Å². The molecule has 5 heteroatoms. The second-order valence-electron chi connectivity index (χ2n) is 7.17. The highest BCUT2D eigenvalue weighted by molar-refractivity contribution is 8.01. The molecule has 5 aliphatic rings. The molecule has 0 aromatic carbocycles. The van der Waals surface area contributed by atoms with Crippen LogP contribution in [0.2, 0.25) is 0 Å². The lowest BCUT2D eigenvalue weighted by Gasteiger charge is -2.56. The normalized spacial score (nSPS) is 42.1. The van der Waals surface area contributed by atoms with E-state index >= 15 is 0 Å². The molecule has 5 rings (SSSR count). The van der Waals surface area contributed by atoms with Gasteiger partial charge in [-0.25, -0.2) is 4.79 Å². The van der Waals surface area contributed by atoms with Gasteiger partial charge in [-0.15, -0.1) is 11.8 Å². The molecule has 0 atom stereocenters.